The zero-order valence-electron chi connectivity index (χ0n) is 18.0. The molecule has 0 aliphatic rings. The third-order valence-electron chi connectivity index (χ3n) is 4.01. The van der Waals surface area contributed by atoms with E-state index in [0.29, 0.717) is 19.0 Å². The molecule has 1 aromatic carbocycles. The molecule has 158 valence electrons. The number of hydrogen-bond donors (Lipinski definition) is 3. The van der Waals surface area contributed by atoms with Crippen LogP contribution < -0.4 is 16.0 Å². The molecule has 0 radical (unpaired) electrons. The summed E-state index contributed by atoms with van der Waals surface area (Å²) >= 11 is 1.67. The van der Waals surface area contributed by atoms with E-state index in [9.17, 15) is 4.79 Å². The highest BCUT2D eigenvalue weighted by molar-refractivity contribution is 7.11. The van der Waals surface area contributed by atoms with Gasteiger partial charge in [0.1, 0.15) is 5.60 Å². The number of rotatable bonds is 6. The maximum Gasteiger partial charge on any atom is 0.408 e. The molecule has 1 aromatic heterocycles. The number of aromatic nitrogens is 1. The van der Waals surface area contributed by atoms with Crippen LogP contribution in [0.15, 0.2) is 35.3 Å². The standard InChI is InChI=1S/C21H31N5O2S/c1-14-18(29-15(2)25-14)13-24-19(22-6)23-12-17(16-10-8-7-9-11-16)26-20(27)28-21(3,4)5/h7-11,17H,12-13H2,1-6H3,(H,26,27)(H2,22,23,24). The lowest BCUT2D eigenvalue weighted by Gasteiger charge is -2.24. The Balaban J connectivity index is 1.99. The molecule has 8 heteroatoms. The Labute approximate surface area is 177 Å². The quantitative estimate of drug-likeness (QED) is 0.493. The van der Waals surface area contributed by atoms with Crippen molar-refractivity contribution in [1.82, 2.24) is 20.9 Å². The summed E-state index contributed by atoms with van der Waals surface area (Å²) in [7, 11) is 1.72. The van der Waals surface area contributed by atoms with Gasteiger partial charge in [0.15, 0.2) is 5.96 Å². The molecule has 1 heterocycles. The van der Waals surface area contributed by atoms with Crippen LogP contribution >= 0.6 is 11.3 Å². The van der Waals surface area contributed by atoms with Gasteiger partial charge in [0, 0.05) is 18.5 Å². The molecule has 3 N–H and O–H groups in total. The van der Waals surface area contributed by atoms with Crippen LogP contribution in [-0.4, -0.2) is 36.2 Å². The molecule has 0 saturated heterocycles. The molecule has 0 bridgehead atoms. The van der Waals surface area contributed by atoms with Crippen LogP contribution in [0.25, 0.3) is 0 Å². The van der Waals surface area contributed by atoms with Gasteiger partial charge < -0.3 is 20.7 Å². The molecule has 1 unspecified atom stereocenters. The Hall–Kier alpha value is -2.61. The van der Waals surface area contributed by atoms with Crippen LogP contribution in [0.5, 0.6) is 0 Å². The first-order valence-corrected chi connectivity index (χ1v) is 10.4. The van der Waals surface area contributed by atoms with Crippen molar-refractivity contribution in [1.29, 1.82) is 0 Å². The molecule has 29 heavy (non-hydrogen) atoms. The Kier molecular flexibility index (Phi) is 8.01. The summed E-state index contributed by atoms with van der Waals surface area (Å²) in [5.74, 6) is 0.655. The van der Waals surface area contributed by atoms with E-state index in [4.69, 9.17) is 4.74 Å². The Bertz CT molecular complexity index is 827. The molecule has 0 saturated carbocycles. The van der Waals surface area contributed by atoms with Crippen LogP contribution in [0, 0.1) is 13.8 Å². The van der Waals surface area contributed by atoms with E-state index in [1.807, 2.05) is 65.0 Å². The summed E-state index contributed by atoms with van der Waals surface area (Å²) in [4.78, 5) is 22.2. The topological polar surface area (TPSA) is 87.6 Å². The minimum Gasteiger partial charge on any atom is -0.444 e. The average molecular weight is 418 g/mol. The lowest BCUT2D eigenvalue weighted by Crippen LogP contribution is -2.44. The highest BCUT2D eigenvalue weighted by Crippen LogP contribution is 2.17. The molecule has 2 aromatic rings. The first kappa shape index (κ1) is 22.7. The molecular weight excluding hydrogens is 386 g/mol. The SMILES string of the molecule is CN=C(NCc1sc(C)nc1C)NCC(NC(=O)OC(C)(C)C)c1ccccc1. The maximum absolute atomic E-state index is 12.3. The fraction of sp³-hybridized carbons (Fsp3) is 0.476. The summed E-state index contributed by atoms with van der Waals surface area (Å²) in [6.07, 6.45) is -0.452. The van der Waals surface area contributed by atoms with Crippen LogP contribution in [0.1, 0.15) is 48.0 Å². The fourth-order valence-electron chi connectivity index (χ4n) is 2.71. The number of carbonyl (C=O) groups excluding carboxylic acids is 1. The molecule has 1 atom stereocenters. The van der Waals surface area contributed by atoms with Gasteiger partial charge in [-0.3, -0.25) is 4.99 Å². The minimum atomic E-state index is -0.554. The van der Waals surface area contributed by atoms with Crippen molar-refractivity contribution in [2.45, 2.75) is 52.8 Å². The van der Waals surface area contributed by atoms with Gasteiger partial charge in [-0.1, -0.05) is 30.3 Å². The number of carbonyl (C=O) groups is 1. The minimum absolute atomic E-state index is 0.267. The predicted octanol–water partition coefficient (Wildman–Crippen LogP) is 3.69. The highest BCUT2D eigenvalue weighted by Gasteiger charge is 2.21. The summed E-state index contributed by atoms with van der Waals surface area (Å²) < 4.78 is 5.41. The number of aliphatic imine (C=N–C) groups is 1. The van der Waals surface area contributed by atoms with E-state index in [-0.39, 0.29) is 6.04 Å². The zero-order chi connectivity index (χ0) is 21.4. The number of guanidine groups is 1. The van der Waals surface area contributed by atoms with Crippen LogP contribution in [0.2, 0.25) is 0 Å². The van der Waals surface area contributed by atoms with Gasteiger partial charge in [0.25, 0.3) is 0 Å². The van der Waals surface area contributed by atoms with E-state index in [2.05, 4.69) is 25.9 Å². The fourth-order valence-corrected chi connectivity index (χ4v) is 3.59. The maximum atomic E-state index is 12.3. The van der Waals surface area contributed by atoms with Gasteiger partial charge in [-0.15, -0.1) is 11.3 Å². The second-order valence-electron chi connectivity index (χ2n) is 7.66. The van der Waals surface area contributed by atoms with Crippen molar-refractivity contribution >= 4 is 23.4 Å². The molecule has 0 aliphatic carbocycles. The number of aryl methyl sites for hydroxylation is 2. The summed E-state index contributed by atoms with van der Waals surface area (Å²) in [5.41, 5.74) is 1.46. The molecule has 7 nitrogen and oxygen atoms in total. The van der Waals surface area contributed by atoms with Gasteiger partial charge in [-0.05, 0) is 40.2 Å². The number of alkyl carbamates (subject to hydrolysis) is 1. The molecule has 0 fully saturated rings. The highest BCUT2D eigenvalue weighted by atomic mass is 32.1. The summed E-state index contributed by atoms with van der Waals surface area (Å²) in [5, 5.41) is 10.6. The molecule has 0 aliphatic heterocycles. The van der Waals surface area contributed by atoms with E-state index >= 15 is 0 Å². The molecule has 2 rings (SSSR count). The molecular formula is C21H31N5O2S. The average Bonchev–Trinajstić information content (AvgIpc) is 2.97. The van der Waals surface area contributed by atoms with E-state index in [0.717, 1.165) is 16.3 Å². The first-order chi connectivity index (χ1) is 13.7. The van der Waals surface area contributed by atoms with Crippen molar-refractivity contribution in [3.8, 4) is 0 Å². The van der Waals surface area contributed by atoms with Crippen molar-refractivity contribution in [2.24, 2.45) is 4.99 Å². The number of ether oxygens (including phenoxy) is 1. The normalized spacial score (nSPS) is 13.0. The Morgan fingerprint density at radius 3 is 2.45 bits per heavy atom. The number of amides is 1. The van der Waals surface area contributed by atoms with Crippen molar-refractivity contribution in [3.63, 3.8) is 0 Å². The predicted molar refractivity (Wildman–Crippen MR) is 118 cm³/mol. The van der Waals surface area contributed by atoms with Gasteiger partial charge in [0.05, 0.1) is 23.3 Å². The van der Waals surface area contributed by atoms with E-state index in [1.54, 1.807) is 18.4 Å². The van der Waals surface area contributed by atoms with Crippen LogP contribution in [0.3, 0.4) is 0 Å². The van der Waals surface area contributed by atoms with Gasteiger partial charge in [0.2, 0.25) is 0 Å². The monoisotopic (exact) mass is 417 g/mol. The molecule has 1 amide bonds. The lowest BCUT2D eigenvalue weighted by molar-refractivity contribution is 0.0504. The largest absolute Gasteiger partial charge is 0.444 e. The van der Waals surface area contributed by atoms with Gasteiger partial charge in [-0.2, -0.15) is 0 Å². The van der Waals surface area contributed by atoms with Gasteiger partial charge in [-0.25, -0.2) is 9.78 Å². The van der Waals surface area contributed by atoms with E-state index in [1.165, 1.54) is 4.88 Å². The number of benzene rings is 1. The Morgan fingerprint density at radius 1 is 1.21 bits per heavy atom. The first-order valence-electron chi connectivity index (χ1n) is 9.60. The third-order valence-corrected chi connectivity index (χ3v) is 5.08. The number of nitrogens with zero attached hydrogens (tertiary/aromatic N) is 2. The lowest BCUT2D eigenvalue weighted by atomic mass is 10.1. The Morgan fingerprint density at radius 2 is 1.90 bits per heavy atom. The van der Waals surface area contributed by atoms with Gasteiger partial charge >= 0.3 is 6.09 Å². The number of nitrogens with one attached hydrogen (secondary N) is 3. The number of hydrogen-bond acceptors (Lipinski definition) is 5. The third kappa shape index (κ3) is 7.73. The van der Waals surface area contributed by atoms with Crippen molar-refractivity contribution in [3.05, 3.63) is 51.5 Å². The van der Waals surface area contributed by atoms with Crippen LogP contribution in [-0.2, 0) is 11.3 Å². The molecule has 0 spiro atoms. The van der Waals surface area contributed by atoms with E-state index < -0.39 is 11.7 Å². The second-order valence-corrected chi connectivity index (χ2v) is 8.95. The zero-order valence-corrected chi connectivity index (χ0v) is 18.8. The van der Waals surface area contributed by atoms with Crippen molar-refractivity contribution < 1.29 is 9.53 Å². The van der Waals surface area contributed by atoms with Crippen LogP contribution in [0.4, 0.5) is 4.79 Å². The smallest absolute Gasteiger partial charge is 0.408 e. The summed E-state index contributed by atoms with van der Waals surface area (Å²) in [6, 6.07) is 9.52. The second kappa shape index (κ2) is 10.2. The van der Waals surface area contributed by atoms with Crippen molar-refractivity contribution in [2.75, 3.05) is 13.6 Å². The number of thiazole rings is 1. The summed E-state index contributed by atoms with van der Waals surface area (Å²) in [6.45, 7) is 10.6.